The predicted octanol–water partition coefficient (Wildman–Crippen LogP) is 3.18. The zero-order valence-corrected chi connectivity index (χ0v) is 11.9. The lowest BCUT2D eigenvalue weighted by Gasteiger charge is -2.22. The molecule has 0 bridgehead atoms. The van der Waals surface area contributed by atoms with E-state index in [9.17, 15) is 5.11 Å². The van der Waals surface area contributed by atoms with Crippen molar-refractivity contribution in [2.75, 3.05) is 6.54 Å². The summed E-state index contributed by atoms with van der Waals surface area (Å²) in [5.41, 5.74) is 7.02. The van der Waals surface area contributed by atoms with Crippen molar-refractivity contribution in [3.8, 4) is 0 Å². The van der Waals surface area contributed by atoms with Crippen molar-refractivity contribution in [3.63, 3.8) is 0 Å². The van der Waals surface area contributed by atoms with Crippen molar-refractivity contribution in [1.29, 1.82) is 0 Å². The van der Waals surface area contributed by atoms with Crippen molar-refractivity contribution in [1.82, 2.24) is 0 Å². The van der Waals surface area contributed by atoms with E-state index in [1.54, 1.807) is 0 Å². The molecule has 19 heavy (non-hydrogen) atoms. The molecule has 3 N–H and O–H groups in total. The summed E-state index contributed by atoms with van der Waals surface area (Å²) in [7, 11) is 0. The van der Waals surface area contributed by atoms with Crippen LogP contribution < -0.4 is 5.73 Å². The van der Waals surface area contributed by atoms with E-state index in [2.05, 4.69) is 0 Å². The molecule has 3 rings (SSSR count). The fourth-order valence-corrected chi connectivity index (χ4v) is 4.13. The molecule has 0 amide bonds. The van der Waals surface area contributed by atoms with E-state index in [0.717, 1.165) is 22.4 Å². The standard InChI is InChI=1S/C16H22ClNO/c17-11-7-5-10(6-8-11)14(9-18)16(19)15-12-3-1-2-4-13(12)15/h5-8,12-16,19H,1-4,9,18H2. The van der Waals surface area contributed by atoms with E-state index >= 15 is 0 Å². The first-order valence-electron chi connectivity index (χ1n) is 7.36. The van der Waals surface area contributed by atoms with Gasteiger partial charge in [-0.1, -0.05) is 36.6 Å². The van der Waals surface area contributed by atoms with E-state index < -0.39 is 0 Å². The van der Waals surface area contributed by atoms with E-state index in [1.165, 1.54) is 25.7 Å². The van der Waals surface area contributed by atoms with Gasteiger partial charge in [0.2, 0.25) is 0 Å². The SMILES string of the molecule is NCC(c1ccc(Cl)cc1)C(O)C1C2CCCCC21. The Morgan fingerprint density at radius 1 is 1.16 bits per heavy atom. The Labute approximate surface area is 120 Å². The number of aliphatic hydroxyl groups is 1. The van der Waals surface area contributed by atoms with Crippen molar-refractivity contribution in [2.24, 2.45) is 23.5 Å². The highest BCUT2D eigenvalue weighted by Gasteiger charge is 2.55. The highest BCUT2D eigenvalue weighted by atomic mass is 35.5. The van der Waals surface area contributed by atoms with Crippen LogP contribution in [-0.4, -0.2) is 17.8 Å². The van der Waals surface area contributed by atoms with Crippen molar-refractivity contribution in [2.45, 2.75) is 37.7 Å². The zero-order chi connectivity index (χ0) is 13.4. The highest BCUT2D eigenvalue weighted by molar-refractivity contribution is 6.30. The summed E-state index contributed by atoms with van der Waals surface area (Å²) in [4.78, 5) is 0. The molecule has 2 aliphatic rings. The van der Waals surface area contributed by atoms with Crippen LogP contribution in [0, 0.1) is 17.8 Å². The van der Waals surface area contributed by atoms with E-state index in [4.69, 9.17) is 17.3 Å². The first kappa shape index (κ1) is 13.4. The minimum atomic E-state index is -0.292. The highest BCUT2D eigenvalue weighted by Crippen LogP contribution is 2.58. The summed E-state index contributed by atoms with van der Waals surface area (Å²) in [5, 5.41) is 11.4. The number of benzene rings is 1. The average Bonchev–Trinajstić information content (AvgIpc) is 3.16. The molecule has 0 radical (unpaired) electrons. The molecule has 0 heterocycles. The minimum Gasteiger partial charge on any atom is -0.392 e. The van der Waals surface area contributed by atoms with Crippen molar-refractivity contribution >= 4 is 11.6 Å². The summed E-state index contributed by atoms with van der Waals surface area (Å²) in [6, 6.07) is 7.75. The first-order chi connectivity index (χ1) is 9.22. The van der Waals surface area contributed by atoms with Crippen LogP contribution in [0.3, 0.4) is 0 Å². The molecular weight excluding hydrogens is 258 g/mol. The normalized spacial score (nSPS) is 32.5. The lowest BCUT2D eigenvalue weighted by molar-refractivity contribution is 0.112. The second-order valence-corrected chi connectivity index (χ2v) is 6.51. The van der Waals surface area contributed by atoms with E-state index in [-0.39, 0.29) is 12.0 Å². The molecule has 0 saturated heterocycles. The Kier molecular flexibility index (Phi) is 3.84. The van der Waals surface area contributed by atoms with Gasteiger partial charge in [-0.3, -0.25) is 0 Å². The zero-order valence-electron chi connectivity index (χ0n) is 11.1. The topological polar surface area (TPSA) is 46.2 Å². The van der Waals surface area contributed by atoms with Gasteiger partial charge in [0, 0.05) is 17.5 Å². The largest absolute Gasteiger partial charge is 0.392 e. The number of hydrogen-bond donors (Lipinski definition) is 2. The van der Waals surface area contributed by atoms with E-state index in [1.807, 2.05) is 24.3 Å². The summed E-state index contributed by atoms with van der Waals surface area (Å²) >= 11 is 5.92. The molecular formula is C16H22ClNO. The first-order valence-corrected chi connectivity index (χ1v) is 7.73. The number of fused-ring (bicyclic) bond motifs is 1. The monoisotopic (exact) mass is 279 g/mol. The van der Waals surface area contributed by atoms with Crippen LogP contribution in [-0.2, 0) is 0 Å². The third-order valence-corrected chi connectivity index (χ3v) is 5.33. The van der Waals surface area contributed by atoms with Crippen LogP contribution in [0.1, 0.15) is 37.2 Å². The Hall–Kier alpha value is -0.570. The van der Waals surface area contributed by atoms with Crippen LogP contribution in [0.15, 0.2) is 24.3 Å². The maximum absolute atomic E-state index is 10.7. The van der Waals surface area contributed by atoms with Gasteiger partial charge in [0.15, 0.2) is 0 Å². The van der Waals surface area contributed by atoms with Gasteiger partial charge in [0.1, 0.15) is 0 Å². The number of nitrogens with two attached hydrogens (primary N) is 1. The number of halogens is 1. The number of rotatable bonds is 4. The van der Waals surface area contributed by atoms with Gasteiger partial charge >= 0.3 is 0 Å². The van der Waals surface area contributed by atoms with Gasteiger partial charge in [0.05, 0.1) is 6.10 Å². The number of hydrogen-bond acceptors (Lipinski definition) is 2. The number of aliphatic hydroxyl groups excluding tert-OH is 1. The van der Waals surface area contributed by atoms with Gasteiger partial charge in [0.25, 0.3) is 0 Å². The summed E-state index contributed by atoms with van der Waals surface area (Å²) < 4.78 is 0. The molecule has 4 atom stereocenters. The van der Waals surface area contributed by atoms with Crippen molar-refractivity contribution in [3.05, 3.63) is 34.9 Å². The van der Waals surface area contributed by atoms with Crippen LogP contribution in [0.4, 0.5) is 0 Å². The maximum Gasteiger partial charge on any atom is 0.0654 e. The van der Waals surface area contributed by atoms with Gasteiger partial charge in [-0.25, -0.2) is 0 Å². The predicted molar refractivity (Wildman–Crippen MR) is 78.2 cm³/mol. The molecule has 0 spiro atoms. The van der Waals surface area contributed by atoms with Crippen LogP contribution >= 0.6 is 11.6 Å². The Morgan fingerprint density at radius 2 is 1.74 bits per heavy atom. The molecule has 2 nitrogen and oxygen atoms in total. The molecule has 104 valence electrons. The quantitative estimate of drug-likeness (QED) is 0.889. The minimum absolute atomic E-state index is 0.0490. The molecule has 2 aliphatic carbocycles. The van der Waals surface area contributed by atoms with Crippen LogP contribution in [0.5, 0.6) is 0 Å². The van der Waals surface area contributed by atoms with Gasteiger partial charge < -0.3 is 10.8 Å². The Bertz CT molecular complexity index is 421. The van der Waals surface area contributed by atoms with Crippen molar-refractivity contribution < 1.29 is 5.11 Å². The van der Waals surface area contributed by atoms with Gasteiger partial charge in [-0.05, 0) is 48.3 Å². The smallest absolute Gasteiger partial charge is 0.0654 e. The third-order valence-electron chi connectivity index (χ3n) is 5.08. The molecule has 0 aliphatic heterocycles. The molecule has 1 aromatic rings. The second-order valence-electron chi connectivity index (χ2n) is 6.07. The molecule has 2 saturated carbocycles. The fourth-order valence-electron chi connectivity index (χ4n) is 4.01. The molecule has 1 aromatic carbocycles. The molecule has 0 aromatic heterocycles. The fraction of sp³-hybridized carbons (Fsp3) is 0.625. The van der Waals surface area contributed by atoms with Crippen LogP contribution in [0.2, 0.25) is 5.02 Å². The van der Waals surface area contributed by atoms with Gasteiger partial charge in [-0.15, -0.1) is 0 Å². The van der Waals surface area contributed by atoms with E-state index in [0.29, 0.717) is 12.5 Å². The Morgan fingerprint density at radius 3 is 2.26 bits per heavy atom. The molecule has 4 unspecified atom stereocenters. The van der Waals surface area contributed by atoms with Gasteiger partial charge in [-0.2, -0.15) is 0 Å². The summed E-state index contributed by atoms with van der Waals surface area (Å²) in [6.07, 6.45) is 4.96. The second kappa shape index (κ2) is 5.43. The lowest BCUT2D eigenvalue weighted by atomic mass is 9.89. The third kappa shape index (κ3) is 2.54. The molecule has 3 heteroatoms. The summed E-state index contributed by atoms with van der Waals surface area (Å²) in [5.74, 6) is 2.04. The molecule has 2 fully saturated rings. The van der Waals surface area contributed by atoms with Crippen LogP contribution in [0.25, 0.3) is 0 Å². The lowest BCUT2D eigenvalue weighted by Crippen LogP contribution is -2.28. The Balaban J connectivity index is 1.73. The maximum atomic E-state index is 10.7. The average molecular weight is 280 g/mol. The summed E-state index contributed by atoms with van der Waals surface area (Å²) in [6.45, 7) is 0.499.